The molecule has 58 valence electrons. The van der Waals surface area contributed by atoms with E-state index in [1.165, 1.54) is 6.42 Å². The minimum Gasteiger partial charge on any atom is -0.314 e. The van der Waals surface area contributed by atoms with Crippen LogP contribution in [0.4, 0.5) is 4.39 Å². The van der Waals surface area contributed by atoms with E-state index in [0.717, 1.165) is 25.8 Å². The predicted octanol–water partition coefficient (Wildman–Crippen LogP) is 1.49. The fraction of sp³-hybridized carbons (Fsp3) is 1.00. The van der Waals surface area contributed by atoms with E-state index in [2.05, 4.69) is 5.32 Å². The van der Waals surface area contributed by atoms with Crippen LogP contribution in [0.1, 0.15) is 25.7 Å². The van der Waals surface area contributed by atoms with Crippen molar-refractivity contribution in [3.63, 3.8) is 0 Å². The van der Waals surface area contributed by atoms with Crippen molar-refractivity contribution in [3.05, 3.63) is 0 Å². The summed E-state index contributed by atoms with van der Waals surface area (Å²) in [6.45, 7) is 1.11. The molecule has 1 N–H and O–H groups in total. The second kappa shape index (κ2) is 2.50. The highest BCUT2D eigenvalue weighted by atomic mass is 19.1. The molecule has 2 fully saturated rings. The molecular formula is C8H14FN. The van der Waals surface area contributed by atoms with Gasteiger partial charge in [0.05, 0.1) is 0 Å². The lowest BCUT2D eigenvalue weighted by molar-refractivity contribution is 0.186. The first-order valence-electron chi connectivity index (χ1n) is 4.24. The first-order chi connectivity index (χ1) is 4.86. The third-order valence-corrected chi connectivity index (χ3v) is 2.84. The molecule has 0 amide bonds. The summed E-state index contributed by atoms with van der Waals surface area (Å²) < 4.78 is 12.8. The van der Waals surface area contributed by atoms with Gasteiger partial charge in [-0.05, 0) is 38.1 Å². The van der Waals surface area contributed by atoms with Gasteiger partial charge < -0.3 is 5.32 Å². The number of rotatable bonds is 0. The van der Waals surface area contributed by atoms with Gasteiger partial charge in [-0.25, -0.2) is 4.39 Å². The Balaban J connectivity index is 1.96. The molecule has 0 aromatic rings. The minimum atomic E-state index is -0.499. The Labute approximate surface area is 61.0 Å². The van der Waals surface area contributed by atoms with Gasteiger partial charge in [0.2, 0.25) is 0 Å². The Bertz CT molecular complexity index is 126. The summed E-state index contributed by atoms with van der Waals surface area (Å²) >= 11 is 0. The lowest BCUT2D eigenvalue weighted by Gasteiger charge is -2.27. The van der Waals surface area contributed by atoms with Crippen molar-refractivity contribution < 1.29 is 4.39 Å². The van der Waals surface area contributed by atoms with E-state index in [1.54, 1.807) is 0 Å². The number of halogens is 1. The predicted molar refractivity (Wildman–Crippen MR) is 38.6 cm³/mol. The van der Waals surface area contributed by atoms with E-state index in [-0.39, 0.29) is 0 Å². The highest BCUT2D eigenvalue weighted by Crippen LogP contribution is 2.31. The molecule has 2 aliphatic rings. The molecule has 0 aromatic carbocycles. The van der Waals surface area contributed by atoms with Gasteiger partial charge in [0.15, 0.2) is 0 Å². The largest absolute Gasteiger partial charge is 0.314 e. The van der Waals surface area contributed by atoms with Crippen LogP contribution in [0.25, 0.3) is 0 Å². The standard InChI is InChI=1S/C8H14FN/c9-7-1-2-8-6(5-7)3-4-10-8/h6-8,10H,1-5H2. The van der Waals surface area contributed by atoms with Crippen LogP contribution >= 0.6 is 0 Å². The lowest BCUT2D eigenvalue weighted by Crippen LogP contribution is -2.33. The maximum atomic E-state index is 12.8. The first kappa shape index (κ1) is 6.59. The first-order valence-corrected chi connectivity index (χ1v) is 4.24. The lowest BCUT2D eigenvalue weighted by atomic mass is 9.84. The molecule has 0 radical (unpaired) electrons. The molecule has 2 rings (SSSR count). The molecule has 0 bridgehead atoms. The van der Waals surface area contributed by atoms with Gasteiger partial charge >= 0.3 is 0 Å². The van der Waals surface area contributed by atoms with Crippen molar-refractivity contribution in [2.45, 2.75) is 37.9 Å². The topological polar surface area (TPSA) is 12.0 Å². The summed E-state index contributed by atoms with van der Waals surface area (Å²) in [5, 5.41) is 3.41. The molecule has 3 unspecified atom stereocenters. The highest BCUT2D eigenvalue weighted by Gasteiger charge is 2.33. The van der Waals surface area contributed by atoms with Gasteiger partial charge in [0.1, 0.15) is 6.17 Å². The smallest absolute Gasteiger partial charge is 0.100 e. The molecular weight excluding hydrogens is 129 g/mol. The monoisotopic (exact) mass is 143 g/mol. The van der Waals surface area contributed by atoms with Gasteiger partial charge in [-0.2, -0.15) is 0 Å². The SMILES string of the molecule is FC1CCC2NCCC2C1. The van der Waals surface area contributed by atoms with Crippen LogP contribution in [0.5, 0.6) is 0 Å². The van der Waals surface area contributed by atoms with Crippen LogP contribution in [0, 0.1) is 5.92 Å². The van der Waals surface area contributed by atoms with Gasteiger partial charge in [0, 0.05) is 6.04 Å². The van der Waals surface area contributed by atoms with Crippen molar-refractivity contribution in [2.75, 3.05) is 6.54 Å². The zero-order valence-corrected chi connectivity index (χ0v) is 6.15. The highest BCUT2D eigenvalue weighted by molar-refractivity contribution is 4.89. The molecule has 1 saturated carbocycles. The van der Waals surface area contributed by atoms with E-state index in [1.807, 2.05) is 0 Å². The number of nitrogens with one attached hydrogen (secondary N) is 1. The maximum absolute atomic E-state index is 12.8. The number of fused-ring (bicyclic) bond motifs is 1. The molecule has 1 heterocycles. The Morgan fingerprint density at radius 1 is 1.20 bits per heavy atom. The normalized spacial score (nSPS) is 47.1. The zero-order chi connectivity index (χ0) is 6.97. The summed E-state index contributed by atoms with van der Waals surface area (Å²) in [6.07, 6.45) is 3.36. The zero-order valence-electron chi connectivity index (χ0n) is 6.15. The molecule has 1 aliphatic heterocycles. The maximum Gasteiger partial charge on any atom is 0.100 e. The Morgan fingerprint density at radius 3 is 3.00 bits per heavy atom. The number of hydrogen-bond acceptors (Lipinski definition) is 1. The summed E-state index contributed by atoms with van der Waals surface area (Å²) in [5.74, 6) is 0.656. The fourth-order valence-corrected chi connectivity index (χ4v) is 2.25. The number of alkyl halides is 1. The van der Waals surface area contributed by atoms with Crippen molar-refractivity contribution in [3.8, 4) is 0 Å². The average molecular weight is 143 g/mol. The molecule has 1 nitrogen and oxygen atoms in total. The molecule has 1 aliphatic carbocycles. The molecule has 10 heavy (non-hydrogen) atoms. The fourth-order valence-electron chi connectivity index (χ4n) is 2.25. The van der Waals surface area contributed by atoms with Crippen LogP contribution in [0.3, 0.4) is 0 Å². The van der Waals surface area contributed by atoms with Crippen molar-refractivity contribution in [1.82, 2.24) is 5.32 Å². The summed E-state index contributed by atoms with van der Waals surface area (Å²) in [7, 11) is 0. The van der Waals surface area contributed by atoms with Gasteiger partial charge in [-0.1, -0.05) is 0 Å². The summed E-state index contributed by atoms with van der Waals surface area (Å²) in [6, 6.07) is 0.659. The molecule has 0 spiro atoms. The van der Waals surface area contributed by atoms with E-state index in [0.29, 0.717) is 12.0 Å². The van der Waals surface area contributed by atoms with Gasteiger partial charge in [0.25, 0.3) is 0 Å². The third kappa shape index (κ3) is 1.05. The third-order valence-electron chi connectivity index (χ3n) is 2.84. The van der Waals surface area contributed by atoms with E-state index in [4.69, 9.17) is 0 Å². The average Bonchev–Trinajstić information content (AvgIpc) is 2.33. The van der Waals surface area contributed by atoms with Crippen LogP contribution < -0.4 is 5.32 Å². The Hall–Kier alpha value is -0.110. The van der Waals surface area contributed by atoms with Crippen molar-refractivity contribution in [2.24, 2.45) is 5.92 Å². The van der Waals surface area contributed by atoms with Crippen LogP contribution in [-0.4, -0.2) is 18.8 Å². The summed E-state index contributed by atoms with van der Waals surface area (Å²) in [5.41, 5.74) is 0. The van der Waals surface area contributed by atoms with Crippen molar-refractivity contribution >= 4 is 0 Å². The van der Waals surface area contributed by atoms with Crippen LogP contribution in [0.15, 0.2) is 0 Å². The van der Waals surface area contributed by atoms with E-state index >= 15 is 0 Å². The second-order valence-corrected chi connectivity index (χ2v) is 3.52. The Kier molecular flexibility index (Phi) is 1.65. The molecule has 1 saturated heterocycles. The van der Waals surface area contributed by atoms with Crippen LogP contribution in [-0.2, 0) is 0 Å². The van der Waals surface area contributed by atoms with Gasteiger partial charge in [-0.3, -0.25) is 0 Å². The van der Waals surface area contributed by atoms with Crippen molar-refractivity contribution in [1.29, 1.82) is 0 Å². The minimum absolute atomic E-state index is 0.499. The second-order valence-electron chi connectivity index (χ2n) is 3.52. The van der Waals surface area contributed by atoms with E-state index in [9.17, 15) is 4.39 Å². The summed E-state index contributed by atoms with van der Waals surface area (Å²) in [4.78, 5) is 0. The molecule has 3 atom stereocenters. The molecule has 2 heteroatoms. The van der Waals surface area contributed by atoms with Gasteiger partial charge in [-0.15, -0.1) is 0 Å². The Morgan fingerprint density at radius 2 is 2.10 bits per heavy atom. The number of hydrogen-bond donors (Lipinski definition) is 1. The van der Waals surface area contributed by atoms with E-state index < -0.39 is 6.17 Å². The molecule has 0 aromatic heterocycles. The van der Waals surface area contributed by atoms with Crippen LogP contribution in [0.2, 0.25) is 0 Å². The quantitative estimate of drug-likeness (QED) is 0.541.